The molecule has 0 aliphatic carbocycles. The molecule has 0 bridgehead atoms. The van der Waals surface area contributed by atoms with Gasteiger partial charge < -0.3 is 14.6 Å². The van der Waals surface area contributed by atoms with Crippen molar-refractivity contribution in [2.75, 3.05) is 14.2 Å². The van der Waals surface area contributed by atoms with Gasteiger partial charge in [-0.3, -0.25) is 14.4 Å². The van der Waals surface area contributed by atoms with Crippen LogP contribution in [0.25, 0.3) is 0 Å². The van der Waals surface area contributed by atoms with Crippen LogP contribution < -0.4 is 0 Å². The van der Waals surface area contributed by atoms with Crippen molar-refractivity contribution in [1.29, 1.82) is 0 Å². The molecule has 0 amide bonds. The number of carbonyl (C=O) groups is 5. The fourth-order valence-electron chi connectivity index (χ4n) is 4.59. The first-order valence-corrected chi connectivity index (χ1v) is 23.5. The van der Waals surface area contributed by atoms with Gasteiger partial charge in [0.25, 0.3) is 5.78 Å². The molecule has 1 N–H and O–H groups in total. The van der Waals surface area contributed by atoms with Crippen LogP contribution in [0.3, 0.4) is 0 Å². The van der Waals surface area contributed by atoms with Gasteiger partial charge in [-0.25, -0.2) is 27.2 Å². The van der Waals surface area contributed by atoms with Gasteiger partial charge in [-0.1, -0.05) is 72.8 Å². The Morgan fingerprint density at radius 1 is 0.679 bits per heavy atom. The van der Waals surface area contributed by atoms with Crippen molar-refractivity contribution < 1.29 is 68.5 Å². The van der Waals surface area contributed by atoms with Crippen LogP contribution in [-0.4, -0.2) is 48.6 Å². The third kappa shape index (κ3) is 15.3. The Balaban J connectivity index is 0.000000407. The fraction of sp³-hybridized carbons (Fsp3) is 0.194. The molecule has 17 heteroatoms. The van der Waals surface area contributed by atoms with E-state index in [4.69, 9.17) is 37.2 Å². The van der Waals surface area contributed by atoms with Crippen molar-refractivity contribution in [2.24, 2.45) is 0 Å². The van der Waals surface area contributed by atoms with Crippen LogP contribution >= 0.6 is 37.2 Å². The van der Waals surface area contributed by atoms with Gasteiger partial charge in [-0.05, 0) is 49.2 Å². The quantitative estimate of drug-likeness (QED) is 0.0584. The number of hydrogen-bond acceptors (Lipinski definition) is 8. The molecule has 0 fully saturated rings. The topological polar surface area (TPSA) is 124 Å². The predicted molar refractivity (Wildman–Crippen MR) is 189 cm³/mol. The second kappa shape index (κ2) is 22.6. The Hall–Kier alpha value is -3.62. The first-order chi connectivity index (χ1) is 24.7. The Bertz CT molecular complexity index is 1820. The summed E-state index contributed by atoms with van der Waals surface area (Å²) in [5.41, 5.74) is -3.31. The number of methoxy groups -OCH3 is 2. The number of ether oxygens (including phenoxy) is 2. The SMILES string of the molecule is CC(=O)Cc1ccccc1.COC(=O)C(=O)c1c(F)cccc1F.COC(=O)C(O)(c1c(F)cccc1F)C(C(C)=O)c1ccccc1.[Cl][Ti]([Cl])([Cl])[Cl]. The minimum atomic E-state index is -3.11. The Kier molecular flexibility index (Phi) is 20.2. The molecule has 4 rings (SSSR count). The predicted octanol–water partition coefficient (Wildman–Crippen LogP) is 8.59. The molecular formula is C36H32Cl4F4O8Ti. The van der Waals surface area contributed by atoms with Crippen LogP contribution in [0, 0.1) is 23.3 Å². The number of rotatable bonds is 9. The molecule has 0 saturated carbocycles. The summed E-state index contributed by atoms with van der Waals surface area (Å²) in [5, 5.41) is 11.0. The summed E-state index contributed by atoms with van der Waals surface area (Å²) in [7, 11) is 22.0. The molecule has 53 heavy (non-hydrogen) atoms. The third-order valence-electron chi connectivity index (χ3n) is 6.65. The van der Waals surface area contributed by atoms with Crippen molar-refractivity contribution in [3.8, 4) is 0 Å². The molecule has 2 unspecified atom stereocenters. The molecule has 0 radical (unpaired) electrons. The standard InChI is InChI=1S/C18H16F2O4.C9H6F2O3.C9H10O.4ClH.Ti/c1-11(21)15(12-7-4-3-5-8-12)18(23,17(22)24-2)16-13(19)9-6-10-14(16)20;1-14-9(13)8(12)7-5(10)3-2-4-6(7)11;1-8(10)7-9-5-3-2-4-6-9;;;;;/h3-10,15,23H,1-2H3;2-4H,1H3;2-6H,7H2,1H3;4*1H;/q;;;;;;;+4/p-4. The second-order valence-electron chi connectivity index (χ2n) is 10.5. The van der Waals surface area contributed by atoms with Gasteiger partial charge >= 0.3 is 61.5 Å². The van der Waals surface area contributed by atoms with E-state index in [1.165, 1.54) is 12.1 Å². The van der Waals surface area contributed by atoms with E-state index < -0.39 is 81.8 Å². The Morgan fingerprint density at radius 2 is 1.09 bits per heavy atom. The first-order valence-electron chi connectivity index (χ1n) is 14.9. The normalized spacial score (nSPS) is 12.0. The number of benzene rings is 4. The van der Waals surface area contributed by atoms with E-state index in [0.29, 0.717) is 6.42 Å². The molecule has 0 heterocycles. The summed E-state index contributed by atoms with van der Waals surface area (Å²) in [6.45, 7) is 2.73. The summed E-state index contributed by atoms with van der Waals surface area (Å²) in [6.07, 6.45) is 0.556. The van der Waals surface area contributed by atoms with Crippen LogP contribution in [0.5, 0.6) is 0 Å². The van der Waals surface area contributed by atoms with Crippen LogP contribution in [0.2, 0.25) is 0 Å². The van der Waals surface area contributed by atoms with E-state index in [0.717, 1.165) is 63.1 Å². The van der Waals surface area contributed by atoms with Crippen molar-refractivity contribution in [3.05, 3.63) is 143 Å². The molecule has 2 atom stereocenters. The zero-order valence-corrected chi connectivity index (χ0v) is 32.9. The monoisotopic (exact) mass is 856 g/mol. The number of hydrogen-bond donors (Lipinski definition) is 1. The zero-order chi connectivity index (χ0) is 40.5. The van der Waals surface area contributed by atoms with E-state index in [9.17, 15) is 46.6 Å². The zero-order valence-electron chi connectivity index (χ0n) is 28.4. The Morgan fingerprint density at radius 3 is 1.47 bits per heavy atom. The van der Waals surface area contributed by atoms with Crippen molar-refractivity contribution >= 4 is 66.5 Å². The molecule has 0 aromatic heterocycles. The number of carbonyl (C=O) groups excluding carboxylic acids is 5. The number of ketones is 3. The Labute approximate surface area is 321 Å². The maximum absolute atomic E-state index is 14.3. The first kappa shape index (κ1) is 47.4. The van der Waals surface area contributed by atoms with Gasteiger partial charge in [0.05, 0.1) is 25.7 Å². The molecule has 4 aromatic carbocycles. The van der Waals surface area contributed by atoms with Gasteiger partial charge in [0.2, 0.25) is 5.60 Å². The van der Waals surface area contributed by atoms with Gasteiger partial charge in [-0.15, -0.1) is 0 Å². The van der Waals surface area contributed by atoms with Crippen LogP contribution in [-0.2, 0) is 53.0 Å². The molecule has 0 aliphatic heterocycles. The van der Waals surface area contributed by atoms with Crippen LogP contribution in [0.1, 0.15) is 46.8 Å². The summed E-state index contributed by atoms with van der Waals surface area (Å²) in [6, 6.07) is 23.3. The molecule has 284 valence electrons. The van der Waals surface area contributed by atoms with E-state index in [2.05, 4.69) is 9.47 Å². The number of aliphatic hydroxyl groups is 1. The number of esters is 2. The summed E-state index contributed by atoms with van der Waals surface area (Å²) < 4.78 is 63.0. The summed E-state index contributed by atoms with van der Waals surface area (Å²) in [4.78, 5) is 56.9. The van der Waals surface area contributed by atoms with Crippen LogP contribution in [0.15, 0.2) is 97.1 Å². The van der Waals surface area contributed by atoms with Gasteiger partial charge in [0.1, 0.15) is 40.4 Å². The van der Waals surface area contributed by atoms with E-state index in [1.54, 1.807) is 25.1 Å². The van der Waals surface area contributed by atoms with E-state index >= 15 is 0 Å². The molecule has 0 aliphatic rings. The van der Waals surface area contributed by atoms with E-state index in [-0.39, 0.29) is 11.3 Å². The third-order valence-corrected chi connectivity index (χ3v) is 6.65. The molecule has 8 nitrogen and oxygen atoms in total. The molecule has 0 saturated heterocycles. The summed E-state index contributed by atoms with van der Waals surface area (Å²) in [5.74, 6) is -10.4. The number of halogens is 8. The molecule has 0 spiro atoms. The number of Topliss-reactive ketones (excluding diaryl/α,β-unsaturated/α-hetero) is 3. The van der Waals surface area contributed by atoms with Gasteiger partial charge in [0.15, 0.2) is 0 Å². The van der Waals surface area contributed by atoms with E-state index in [1.807, 2.05) is 30.3 Å². The van der Waals surface area contributed by atoms with Crippen LogP contribution in [0.4, 0.5) is 17.6 Å². The average Bonchev–Trinajstić information content (AvgIpc) is 3.07. The van der Waals surface area contributed by atoms with Crippen molar-refractivity contribution in [1.82, 2.24) is 0 Å². The fourth-order valence-corrected chi connectivity index (χ4v) is 4.59. The van der Waals surface area contributed by atoms with Gasteiger partial charge in [-0.2, -0.15) is 0 Å². The molecular weight excluding hydrogens is 826 g/mol. The van der Waals surface area contributed by atoms with Crippen molar-refractivity contribution in [3.63, 3.8) is 0 Å². The summed E-state index contributed by atoms with van der Waals surface area (Å²) >= 11 is -3.11. The average molecular weight is 858 g/mol. The minimum absolute atomic E-state index is 0.214. The second-order valence-corrected chi connectivity index (χ2v) is 26.0. The van der Waals surface area contributed by atoms with Gasteiger partial charge in [0, 0.05) is 6.42 Å². The van der Waals surface area contributed by atoms with Crippen molar-refractivity contribution in [2.45, 2.75) is 31.8 Å². The maximum atomic E-state index is 14.3. The molecule has 4 aromatic rings.